The molecule has 0 amide bonds. The first kappa shape index (κ1) is 11.5. The maximum Gasteiger partial charge on any atom is 0.358 e. The molecule has 0 bridgehead atoms. The number of nitrogens with zero attached hydrogens (tertiary/aromatic N) is 5. The smallest absolute Gasteiger partial charge is 0.358 e. The highest BCUT2D eigenvalue weighted by Crippen LogP contribution is 2.23. The summed E-state index contributed by atoms with van der Waals surface area (Å²) in [6.07, 6.45) is 2.22. The van der Waals surface area contributed by atoms with Crippen molar-refractivity contribution in [2.75, 3.05) is 13.1 Å². The number of aromatic nitrogens is 3. The monoisotopic (exact) mass is 235 g/mol. The molecule has 1 aliphatic rings. The topological polar surface area (TPSA) is 95.0 Å². The van der Waals surface area contributed by atoms with E-state index in [-0.39, 0.29) is 17.8 Å². The molecule has 2 heterocycles. The summed E-state index contributed by atoms with van der Waals surface area (Å²) < 4.78 is 1.56. The van der Waals surface area contributed by atoms with E-state index >= 15 is 0 Å². The van der Waals surface area contributed by atoms with Gasteiger partial charge in [-0.25, -0.2) is 9.48 Å². The van der Waals surface area contributed by atoms with Gasteiger partial charge in [0.15, 0.2) is 5.69 Å². The summed E-state index contributed by atoms with van der Waals surface area (Å²) in [5, 5.41) is 24.9. The fourth-order valence-corrected chi connectivity index (χ4v) is 1.89. The maximum absolute atomic E-state index is 10.6. The van der Waals surface area contributed by atoms with Crippen LogP contribution in [0.15, 0.2) is 6.20 Å². The highest BCUT2D eigenvalue weighted by Gasteiger charge is 2.33. The molecule has 1 saturated heterocycles. The molecule has 1 aromatic rings. The molecule has 1 fully saturated rings. The molecule has 1 N–H and O–H groups in total. The van der Waals surface area contributed by atoms with E-state index in [2.05, 4.69) is 16.4 Å². The third-order valence-electron chi connectivity index (χ3n) is 2.97. The minimum Gasteiger partial charge on any atom is -0.476 e. The normalized spacial score (nSPS) is 18.4. The van der Waals surface area contributed by atoms with E-state index in [1.165, 1.54) is 6.20 Å². The summed E-state index contributed by atoms with van der Waals surface area (Å²) in [6, 6.07) is 2.30. The average molecular weight is 235 g/mol. The van der Waals surface area contributed by atoms with E-state index < -0.39 is 5.97 Å². The molecule has 7 nitrogen and oxygen atoms in total. The van der Waals surface area contributed by atoms with Crippen LogP contribution >= 0.6 is 0 Å². The molecule has 0 aliphatic carbocycles. The summed E-state index contributed by atoms with van der Waals surface area (Å²) >= 11 is 0. The SMILES string of the molecule is CCC(C#N)N1CC(n2cc(C(=O)O)nn2)C1. The summed E-state index contributed by atoms with van der Waals surface area (Å²) in [4.78, 5) is 12.7. The molecule has 1 atom stereocenters. The van der Waals surface area contributed by atoms with Gasteiger partial charge in [0.1, 0.15) is 0 Å². The van der Waals surface area contributed by atoms with E-state index in [4.69, 9.17) is 10.4 Å². The molecule has 0 aromatic carbocycles. The van der Waals surface area contributed by atoms with Crippen LogP contribution in [0.2, 0.25) is 0 Å². The number of hydrogen-bond acceptors (Lipinski definition) is 5. The minimum atomic E-state index is -1.07. The van der Waals surface area contributed by atoms with Crippen molar-refractivity contribution in [2.24, 2.45) is 0 Å². The molecule has 1 unspecified atom stereocenters. The number of carboxylic acids is 1. The molecule has 7 heteroatoms. The van der Waals surface area contributed by atoms with Crippen molar-refractivity contribution in [3.05, 3.63) is 11.9 Å². The Morgan fingerprint density at radius 2 is 2.47 bits per heavy atom. The number of carbonyl (C=O) groups is 1. The van der Waals surface area contributed by atoms with Gasteiger partial charge in [-0.1, -0.05) is 12.1 Å². The van der Waals surface area contributed by atoms with Gasteiger partial charge in [-0.15, -0.1) is 5.10 Å². The van der Waals surface area contributed by atoms with Crippen LogP contribution in [0.4, 0.5) is 0 Å². The van der Waals surface area contributed by atoms with Crippen molar-refractivity contribution in [3.8, 4) is 6.07 Å². The van der Waals surface area contributed by atoms with E-state index in [0.717, 1.165) is 6.42 Å². The standard InChI is InChI=1S/C10H13N5O2/c1-2-7(3-11)14-4-8(5-14)15-6-9(10(16)17)12-13-15/h6-8H,2,4-5H2,1H3,(H,16,17). The van der Waals surface area contributed by atoms with Crippen LogP contribution in [-0.4, -0.2) is 50.1 Å². The van der Waals surface area contributed by atoms with Crippen LogP contribution in [0.1, 0.15) is 29.9 Å². The lowest BCUT2D eigenvalue weighted by Crippen LogP contribution is -2.52. The zero-order valence-electron chi connectivity index (χ0n) is 9.44. The van der Waals surface area contributed by atoms with E-state index in [1.807, 2.05) is 11.8 Å². The van der Waals surface area contributed by atoms with Crippen molar-refractivity contribution in [1.82, 2.24) is 19.9 Å². The Balaban J connectivity index is 1.95. The van der Waals surface area contributed by atoms with Crippen LogP contribution in [-0.2, 0) is 0 Å². The van der Waals surface area contributed by atoms with Crippen LogP contribution in [0.5, 0.6) is 0 Å². The van der Waals surface area contributed by atoms with Crippen molar-refractivity contribution in [1.29, 1.82) is 5.26 Å². The Morgan fingerprint density at radius 3 is 2.94 bits per heavy atom. The van der Waals surface area contributed by atoms with Crippen LogP contribution in [0, 0.1) is 11.3 Å². The van der Waals surface area contributed by atoms with E-state index in [0.29, 0.717) is 13.1 Å². The molecule has 1 aromatic heterocycles. The number of rotatable bonds is 4. The average Bonchev–Trinajstić information content (AvgIpc) is 2.71. The highest BCUT2D eigenvalue weighted by molar-refractivity contribution is 5.84. The molecule has 90 valence electrons. The highest BCUT2D eigenvalue weighted by atomic mass is 16.4. The molecule has 0 spiro atoms. The van der Waals surface area contributed by atoms with E-state index in [9.17, 15) is 4.79 Å². The Kier molecular flexibility index (Phi) is 3.06. The van der Waals surface area contributed by atoms with Gasteiger partial charge in [0.25, 0.3) is 0 Å². The van der Waals surface area contributed by atoms with Gasteiger partial charge in [0.2, 0.25) is 0 Å². The predicted molar refractivity (Wildman–Crippen MR) is 57.3 cm³/mol. The first-order chi connectivity index (χ1) is 8.15. The number of likely N-dealkylation sites (tertiary alicyclic amines) is 1. The first-order valence-corrected chi connectivity index (χ1v) is 5.44. The van der Waals surface area contributed by atoms with Crippen molar-refractivity contribution in [2.45, 2.75) is 25.4 Å². The van der Waals surface area contributed by atoms with Crippen LogP contribution < -0.4 is 0 Å². The summed E-state index contributed by atoms with van der Waals surface area (Å²) in [5.41, 5.74) is -0.0456. The third-order valence-corrected chi connectivity index (χ3v) is 2.97. The molecular formula is C10H13N5O2. The maximum atomic E-state index is 10.6. The van der Waals surface area contributed by atoms with Gasteiger partial charge in [0.05, 0.1) is 24.3 Å². The van der Waals surface area contributed by atoms with Crippen molar-refractivity contribution in [3.63, 3.8) is 0 Å². The van der Waals surface area contributed by atoms with Gasteiger partial charge in [0, 0.05) is 13.1 Å². The molecular weight excluding hydrogens is 222 g/mol. The number of nitriles is 1. The second-order valence-corrected chi connectivity index (χ2v) is 4.05. The minimum absolute atomic E-state index is 0.0456. The summed E-state index contributed by atoms with van der Waals surface area (Å²) in [5.74, 6) is -1.07. The fourth-order valence-electron chi connectivity index (χ4n) is 1.89. The Hall–Kier alpha value is -1.94. The lowest BCUT2D eigenvalue weighted by molar-refractivity contribution is 0.0686. The molecule has 1 aliphatic heterocycles. The third kappa shape index (κ3) is 2.12. The predicted octanol–water partition coefficient (Wildman–Crippen LogP) is 0.135. The molecule has 17 heavy (non-hydrogen) atoms. The zero-order valence-corrected chi connectivity index (χ0v) is 9.44. The molecule has 0 radical (unpaired) electrons. The number of hydrogen-bond donors (Lipinski definition) is 1. The fraction of sp³-hybridized carbons (Fsp3) is 0.600. The second kappa shape index (κ2) is 4.51. The Morgan fingerprint density at radius 1 is 1.76 bits per heavy atom. The van der Waals surface area contributed by atoms with Gasteiger partial charge in [-0.2, -0.15) is 5.26 Å². The Labute approximate surface area is 98.2 Å². The van der Waals surface area contributed by atoms with Crippen molar-refractivity contribution < 1.29 is 9.90 Å². The van der Waals surface area contributed by atoms with Gasteiger partial charge >= 0.3 is 5.97 Å². The first-order valence-electron chi connectivity index (χ1n) is 5.44. The van der Waals surface area contributed by atoms with Crippen LogP contribution in [0.3, 0.4) is 0 Å². The van der Waals surface area contributed by atoms with Crippen molar-refractivity contribution >= 4 is 5.97 Å². The molecule has 2 rings (SSSR count). The zero-order chi connectivity index (χ0) is 12.4. The summed E-state index contributed by atoms with van der Waals surface area (Å²) in [6.45, 7) is 3.40. The quantitative estimate of drug-likeness (QED) is 0.797. The Bertz CT molecular complexity index is 458. The summed E-state index contributed by atoms with van der Waals surface area (Å²) in [7, 11) is 0. The number of carboxylic acid groups (broad SMARTS) is 1. The lowest BCUT2D eigenvalue weighted by atomic mass is 10.0. The largest absolute Gasteiger partial charge is 0.476 e. The van der Waals surface area contributed by atoms with Crippen LogP contribution in [0.25, 0.3) is 0 Å². The molecule has 0 saturated carbocycles. The van der Waals surface area contributed by atoms with E-state index in [1.54, 1.807) is 4.68 Å². The lowest BCUT2D eigenvalue weighted by Gasteiger charge is -2.41. The number of aromatic carboxylic acids is 1. The van der Waals surface area contributed by atoms with Gasteiger partial charge < -0.3 is 5.11 Å². The second-order valence-electron chi connectivity index (χ2n) is 4.05. The van der Waals surface area contributed by atoms with Gasteiger partial charge in [-0.05, 0) is 6.42 Å². The van der Waals surface area contributed by atoms with Gasteiger partial charge in [-0.3, -0.25) is 4.90 Å².